The molecule has 0 spiro atoms. The van der Waals surface area contributed by atoms with Crippen LogP contribution in [0.3, 0.4) is 0 Å². The highest BCUT2D eigenvalue weighted by molar-refractivity contribution is 7.11. The van der Waals surface area contributed by atoms with Gasteiger partial charge in [0.25, 0.3) is 0 Å². The molecule has 0 radical (unpaired) electrons. The maximum Gasteiger partial charge on any atom is 0.224 e. The largest absolute Gasteiger partial charge is 0.349 e. The molecule has 1 aliphatic carbocycles. The van der Waals surface area contributed by atoms with Crippen molar-refractivity contribution in [3.8, 4) is 0 Å². The van der Waals surface area contributed by atoms with Gasteiger partial charge >= 0.3 is 0 Å². The van der Waals surface area contributed by atoms with Crippen LogP contribution in [-0.4, -0.2) is 10.9 Å². The van der Waals surface area contributed by atoms with E-state index in [4.69, 9.17) is 0 Å². The Bertz CT molecular complexity index is 384. The Balaban J connectivity index is 1.82. The van der Waals surface area contributed by atoms with Gasteiger partial charge in [-0.25, -0.2) is 4.98 Å². The van der Waals surface area contributed by atoms with Crippen LogP contribution < -0.4 is 5.32 Å². The van der Waals surface area contributed by atoms with Crippen LogP contribution in [0, 0.1) is 18.3 Å². The Hall–Kier alpha value is -0.900. The van der Waals surface area contributed by atoms with E-state index in [-0.39, 0.29) is 17.2 Å². The summed E-state index contributed by atoms with van der Waals surface area (Å²) in [6.45, 7) is 6.85. The van der Waals surface area contributed by atoms with E-state index in [1.165, 1.54) is 4.88 Å². The molecule has 0 aliphatic heterocycles. The first-order chi connectivity index (χ1) is 6.99. The normalized spacial score (nSPS) is 22.5. The summed E-state index contributed by atoms with van der Waals surface area (Å²) < 4.78 is 0. The van der Waals surface area contributed by atoms with Crippen LogP contribution in [0.25, 0.3) is 0 Å². The zero-order valence-corrected chi connectivity index (χ0v) is 10.1. The Labute approximate surface area is 93.9 Å². The number of nitrogens with zero attached hydrogens (tertiary/aromatic N) is 1. The summed E-state index contributed by atoms with van der Waals surface area (Å²) >= 11 is 1.64. The smallest absolute Gasteiger partial charge is 0.224 e. The quantitative estimate of drug-likeness (QED) is 0.854. The van der Waals surface area contributed by atoms with Crippen LogP contribution in [0.5, 0.6) is 0 Å². The number of amides is 1. The number of rotatable bonds is 3. The number of carbonyl (C=O) groups is 1. The highest BCUT2D eigenvalue weighted by Crippen LogP contribution is 2.51. The summed E-state index contributed by atoms with van der Waals surface area (Å²) in [7, 11) is 0. The van der Waals surface area contributed by atoms with Crippen LogP contribution >= 0.6 is 11.3 Å². The minimum absolute atomic E-state index is 0.174. The summed E-state index contributed by atoms with van der Waals surface area (Å²) in [5.41, 5.74) is 0.211. The fourth-order valence-electron chi connectivity index (χ4n) is 1.68. The minimum Gasteiger partial charge on any atom is -0.349 e. The molecule has 0 saturated heterocycles. The molecule has 0 bridgehead atoms. The lowest BCUT2D eigenvalue weighted by atomic mass is 10.1. The molecule has 1 aromatic rings. The Morgan fingerprint density at radius 2 is 2.40 bits per heavy atom. The van der Waals surface area contributed by atoms with Gasteiger partial charge in [-0.1, -0.05) is 13.8 Å². The summed E-state index contributed by atoms with van der Waals surface area (Å²) in [4.78, 5) is 17.1. The fraction of sp³-hybridized carbons (Fsp3) is 0.636. The van der Waals surface area contributed by atoms with Gasteiger partial charge in [-0.15, -0.1) is 11.3 Å². The number of hydrogen-bond acceptors (Lipinski definition) is 3. The van der Waals surface area contributed by atoms with Crippen LogP contribution in [0.15, 0.2) is 6.20 Å². The standard InChI is InChI=1S/C11H16N2OS/c1-7-5-12-9(15-7)6-13-10(14)8-4-11(8,2)3/h5,8H,4,6H2,1-3H3,(H,13,14)/t8-/m1/s1. The van der Waals surface area contributed by atoms with Gasteiger partial charge in [-0.3, -0.25) is 4.79 Å². The molecule has 15 heavy (non-hydrogen) atoms. The highest BCUT2D eigenvalue weighted by atomic mass is 32.1. The molecule has 3 nitrogen and oxygen atoms in total. The topological polar surface area (TPSA) is 42.0 Å². The first kappa shape index (κ1) is 10.6. The molecule has 1 aromatic heterocycles. The van der Waals surface area contributed by atoms with E-state index in [1.54, 1.807) is 11.3 Å². The van der Waals surface area contributed by atoms with Gasteiger partial charge in [0, 0.05) is 17.0 Å². The molecule has 0 aromatic carbocycles. The van der Waals surface area contributed by atoms with E-state index >= 15 is 0 Å². The van der Waals surface area contributed by atoms with Gasteiger partial charge < -0.3 is 5.32 Å². The van der Waals surface area contributed by atoms with E-state index in [9.17, 15) is 4.79 Å². The van der Waals surface area contributed by atoms with Crippen molar-refractivity contribution in [2.75, 3.05) is 0 Å². The van der Waals surface area contributed by atoms with E-state index in [2.05, 4.69) is 24.1 Å². The minimum atomic E-state index is 0.174. The second kappa shape index (κ2) is 3.59. The van der Waals surface area contributed by atoms with Gasteiger partial charge in [0.1, 0.15) is 5.01 Å². The molecule has 1 N–H and O–H groups in total. The van der Waals surface area contributed by atoms with E-state index in [0.29, 0.717) is 6.54 Å². The Morgan fingerprint density at radius 3 is 2.87 bits per heavy atom. The summed E-state index contributed by atoms with van der Waals surface area (Å²) in [6.07, 6.45) is 2.85. The van der Waals surface area contributed by atoms with Crippen molar-refractivity contribution < 1.29 is 4.79 Å². The molecular formula is C11H16N2OS. The molecule has 1 fully saturated rings. The summed E-state index contributed by atoms with van der Waals surface area (Å²) in [5.74, 6) is 0.381. The number of carbonyl (C=O) groups excluding carboxylic acids is 1. The molecule has 82 valence electrons. The van der Waals surface area contributed by atoms with E-state index in [0.717, 1.165) is 11.4 Å². The van der Waals surface area contributed by atoms with Gasteiger partial charge in [0.15, 0.2) is 0 Å². The number of hydrogen-bond donors (Lipinski definition) is 1. The average Bonchev–Trinajstić information content (AvgIpc) is 2.59. The third-order valence-corrected chi connectivity index (χ3v) is 3.83. The Kier molecular flexibility index (Phi) is 2.54. The maximum atomic E-state index is 11.7. The van der Waals surface area contributed by atoms with Crippen molar-refractivity contribution in [1.82, 2.24) is 10.3 Å². The molecule has 1 heterocycles. The fourth-order valence-corrected chi connectivity index (χ4v) is 2.41. The molecule has 1 atom stereocenters. The number of aromatic nitrogens is 1. The number of nitrogens with one attached hydrogen (secondary N) is 1. The van der Waals surface area contributed by atoms with Crippen molar-refractivity contribution in [2.45, 2.75) is 33.7 Å². The van der Waals surface area contributed by atoms with Crippen molar-refractivity contribution in [1.29, 1.82) is 0 Å². The van der Waals surface area contributed by atoms with Crippen LogP contribution in [0.4, 0.5) is 0 Å². The first-order valence-corrected chi connectivity index (χ1v) is 6.00. The van der Waals surface area contributed by atoms with E-state index in [1.807, 2.05) is 13.1 Å². The van der Waals surface area contributed by atoms with Gasteiger partial charge in [0.05, 0.1) is 6.54 Å². The second-order valence-electron chi connectivity index (χ2n) is 4.83. The molecule has 1 amide bonds. The first-order valence-electron chi connectivity index (χ1n) is 5.18. The number of thiazole rings is 1. The monoisotopic (exact) mass is 224 g/mol. The van der Waals surface area contributed by atoms with Crippen molar-refractivity contribution >= 4 is 17.2 Å². The molecule has 2 rings (SSSR count). The van der Waals surface area contributed by atoms with Crippen LogP contribution in [-0.2, 0) is 11.3 Å². The van der Waals surface area contributed by atoms with Crippen molar-refractivity contribution in [3.05, 3.63) is 16.1 Å². The molecule has 1 saturated carbocycles. The third kappa shape index (κ3) is 2.37. The van der Waals surface area contributed by atoms with Crippen LogP contribution in [0.1, 0.15) is 30.2 Å². The predicted molar refractivity (Wildman–Crippen MR) is 60.6 cm³/mol. The van der Waals surface area contributed by atoms with Crippen LogP contribution in [0.2, 0.25) is 0 Å². The number of aryl methyl sites for hydroxylation is 1. The van der Waals surface area contributed by atoms with Gasteiger partial charge in [-0.2, -0.15) is 0 Å². The van der Waals surface area contributed by atoms with E-state index < -0.39 is 0 Å². The van der Waals surface area contributed by atoms with Crippen molar-refractivity contribution in [2.24, 2.45) is 11.3 Å². The highest BCUT2D eigenvalue weighted by Gasteiger charge is 2.50. The predicted octanol–water partition coefficient (Wildman–Crippen LogP) is 2.11. The van der Waals surface area contributed by atoms with Gasteiger partial charge in [-0.05, 0) is 18.8 Å². The lowest BCUT2D eigenvalue weighted by Crippen LogP contribution is -2.25. The molecule has 0 unspecified atom stereocenters. The summed E-state index contributed by atoms with van der Waals surface area (Å²) in [6, 6.07) is 0. The van der Waals surface area contributed by atoms with Gasteiger partial charge in [0.2, 0.25) is 5.91 Å². The second-order valence-corrected chi connectivity index (χ2v) is 6.15. The molecular weight excluding hydrogens is 208 g/mol. The zero-order valence-electron chi connectivity index (χ0n) is 9.33. The summed E-state index contributed by atoms with van der Waals surface area (Å²) in [5, 5.41) is 3.92. The van der Waals surface area contributed by atoms with Crippen molar-refractivity contribution in [3.63, 3.8) is 0 Å². The zero-order chi connectivity index (χ0) is 11.1. The molecule has 4 heteroatoms. The molecule has 1 aliphatic rings. The maximum absolute atomic E-state index is 11.7. The Morgan fingerprint density at radius 1 is 1.73 bits per heavy atom. The lowest BCUT2D eigenvalue weighted by Gasteiger charge is -2.04. The SMILES string of the molecule is Cc1cnc(CNC(=O)[C@H]2CC2(C)C)s1. The average molecular weight is 224 g/mol. The lowest BCUT2D eigenvalue weighted by molar-refractivity contribution is -0.123. The third-order valence-electron chi connectivity index (χ3n) is 2.91.